The average Bonchev–Trinajstić information content (AvgIpc) is 2.89. The normalized spacial score (nSPS) is 10.3. The molecule has 0 radical (unpaired) electrons. The van der Waals surface area contributed by atoms with E-state index in [0.29, 0.717) is 24.4 Å². The van der Waals surface area contributed by atoms with Gasteiger partial charge in [-0.15, -0.1) is 0 Å². The van der Waals surface area contributed by atoms with Gasteiger partial charge in [0, 0.05) is 32.7 Å². The Labute approximate surface area is 112 Å². The Morgan fingerprint density at radius 1 is 1.16 bits per heavy atom. The maximum atomic E-state index is 5.01. The van der Waals surface area contributed by atoms with Crippen molar-refractivity contribution in [1.29, 1.82) is 0 Å². The van der Waals surface area contributed by atoms with Crippen molar-refractivity contribution in [1.82, 2.24) is 15.0 Å². The number of nitrogens with zero attached hydrogens (tertiary/aromatic N) is 4. The first-order valence-corrected chi connectivity index (χ1v) is 6.11. The van der Waals surface area contributed by atoms with Crippen molar-refractivity contribution >= 4 is 17.8 Å². The van der Waals surface area contributed by atoms with Crippen LogP contribution in [-0.4, -0.2) is 35.6 Å². The first-order valence-electron chi connectivity index (χ1n) is 6.11. The van der Waals surface area contributed by atoms with Gasteiger partial charge in [-0.05, 0) is 13.0 Å². The maximum absolute atomic E-state index is 5.01. The fraction of sp³-hybridized carbons (Fsp3) is 0.417. The zero-order valence-electron chi connectivity index (χ0n) is 11.3. The molecule has 0 saturated heterocycles. The van der Waals surface area contributed by atoms with E-state index in [-0.39, 0.29) is 0 Å². The van der Waals surface area contributed by atoms with Crippen LogP contribution in [0.25, 0.3) is 0 Å². The lowest BCUT2D eigenvalue weighted by molar-refractivity contribution is 0.564. The lowest BCUT2D eigenvalue weighted by Gasteiger charge is -2.13. The predicted octanol–water partition coefficient (Wildman–Crippen LogP) is 1.57. The number of aromatic nitrogens is 3. The van der Waals surface area contributed by atoms with Crippen molar-refractivity contribution in [2.75, 3.05) is 36.2 Å². The molecule has 102 valence electrons. The van der Waals surface area contributed by atoms with Gasteiger partial charge in [-0.3, -0.25) is 0 Å². The van der Waals surface area contributed by atoms with Crippen LogP contribution in [0.4, 0.5) is 17.8 Å². The van der Waals surface area contributed by atoms with Gasteiger partial charge in [0.25, 0.3) is 0 Å². The van der Waals surface area contributed by atoms with Gasteiger partial charge in [0.2, 0.25) is 17.8 Å². The van der Waals surface area contributed by atoms with Gasteiger partial charge < -0.3 is 20.0 Å². The van der Waals surface area contributed by atoms with Crippen LogP contribution in [-0.2, 0) is 6.54 Å². The van der Waals surface area contributed by atoms with Crippen LogP contribution in [0.3, 0.4) is 0 Å². The summed E-state index contributed by atoms with van der Waals surface area (Å²) in [7, 11) is 3.79. The monoisotopic (exact) mass is 262 g/mol. The summed E-state index contributed by atoms with van der Waals surface area (Å²) in [6, 6.07) is 1.90. The van der Waals surface area contributed by atoms with Crippen molar-refractivity contribution in [2.24, 2.45) is 0 Å². The second-order valence-electron chi connectivity index (χ2n) is 4.19. The van der Waals surface area contributed by atoms with E-state index >= 15 is 0 Å². The highest BCUT2D eigenvalue weighted by Crippen LogP contribution is 2.12. The molecule has 19 heavy (non-hydrogen) atoms. The van der Waals surface area contributed by atoms with Crippen LogP contribution in [0.1, 0.15) is 12.5 Å². The number of rotatable bonds is 6. The first kappa shape index (κ1) is 13.1. The second-order valence-corrected chi connectivity index (χ2v) is 4.19. The summed E-state index contributed by atoms with van der Waals surface area (Å²) in [4.78, 5) is 14.8. The Morgan fingerprint density at radius 3 is 2.47 bits per heavy atom. The molecule has 7 heteroatoms. The number of furan rings is 1. The Hall–Kier alpha value is -2.31. The zero-order valence-corrected chi connectivity index (χ0v) is 11.3. The molecule has 0 unspecified atom stereocenters. The van der Waals surface area contributed by atoms with Crippen molar-refractivity contribution in [3.63, 3.8) is 0 Å². The topological polar surface area (TPSA) is 79.1 Å². The summed E-state index contributed by atoms with van der Waals surface area (Å²) in [5, 5.41) is 6.24. The van der Waals surface area contributed by atoms with E-state index in [1.807, 2.05) is 32.0 Å². The standard InChI is InChI=1S/C12H18N6O/c1-4-13-10-15-11(17-12(16-10)18(2)3)14-7-9-5-6-19-8-9/h5-6,8H,4,7H2,1-3H3,(H2,13,14,15,16,17). The highest BCUT2D eigenvalue weighted by atomic mass is 16.3. The molecule has 0 aliphatic rings. The van der Waals surface area contributed by atoms with Crippen LogP contribution in [0, 0.1) is 0 Å². The number of anilines is 3. The van der Waals surface area contributed by atoms with Gasteiger partial charge in [0.1, 0.15) is 0 Å². The molecule has 0 bridgehead atoms. The highest BCUT2D eigenvalue weighted by molar-refractivity contribution is 5.43. The summed E-state index contributed by atoms with van der Waals surface area (Å²) in [6.07, 6.45) is 3.33. The number of nitrogens with one attached hydrogen (secondary N) is 2. The summed E-state index contributed by atoms with van der Waals surface area (Å²) < 4.78 is 5.01. The molecule has 0 aromatic carbocycles. The predicted molar refractivity (Wildman–Crippen MR) is 74.4 cm³/mol. The fourth-order valence-corrected chi connectivity index (χ4v) is 1.46. The largest absolute Gasteiger partial charge is 0.472 e. The van der Waals surface area contributed by atoms with E-state index in [4.69, 9.17) is 4.42 Å². The first-order chi connectivity index (χ1) is 9.19. The molecule has 2 rings (SSSR count). The quantitative estimate of drug-likeness (QED) is 0.818. The van der Waals surface area contributed by atoms with E-state index in [2.05, 4.69) is 25.6 Å². The van der Waals surface area contributed by atoms with Crippen LogP contribution in [0.15, 0.2) is 23.0 Å². The number of hydrogen-bond acceptors (Lipinski definition) is 7. The minimum Gasteiger partial charge on any atom is -0.472 e. The van der Waals surface area contributed by atoms with Gasteiger partial charge in [-0.25, -0.2) is 0 Å². The third-order valence-electron chi connectivity index (χ3n) is 2.39. The molecular weight excluding hydrogens is 244 g/mol. The summed E-state index contributed by atoms with van der Waals surface area (Å²) >= 11 is 0. The Morgan fingerprint density at radius 2 is 1.89 bits per heavy atom. The summed E-state index contributed by atoms with van der Waals surface area (Å²) in [5.74, 6) is 1.72. The maximum Gasteiger partial charge on any atom is 0.231 e. The van der Waals surface area contributed by atoms with E-state index in [1.165, 1.54) is 0 Å². The van der Waals surface area contributed by atoms with Crippen molar-refractivity contribution < 1.29 is 4.42 Å². The Bertz CT molecular complexity index is 511. The molecule has 2 aromatic heterocycles. The summed E-state index contributed by atoms with van der Waals surface area (Å²) in [5.41, 5.74) is 1.04. The Kier molecular flexibility index (Phi) is 4.17. The van der Waals surface area contributed by atoms with E-state index in [9.17, 15) is 0 Å². The van der Waals surface area contributed by atoms with Crippen molar-refractivity contribution in [2.45, 2.75) is 13.5 Å². The third kappa shape index (κ3) is 3.57. The SMILES string of the molecule is CCNc1nc(NCc2ccoc2)nc(N(C)C)n1. The molecule has 0 saturated carbocycles. The molecule has 0 spiro atoms. The minimum absolute atomic E-state index is 0.538. The smallest absolute Gasteiger partial charge is 0.231 e. The lowest BCUT2D eigenvalue weighted by atomic mass is 10.3. The van der Waals surface area contributed by atoms with Crippen LogP contribution >= 0.6 is 0 Å². The molecule has 2 N–H and O–H groups in total. The fourth-order valence-electron chi connectivity index (χ4n) is 1.46. The third-order valence-corrected chi connectivity index (χ3v) is 2.39. The lowest BCUT2D eigenvalue weighted by Crippen LogP contribution is -2.17. The van der Waals surface area contributed by atoms with Crippen LogP contribution in [0.2, 0.25) is 0 Å². The van der Waals surface area contributed by atoms with Gasteiger partial charge in [-0.1, -0.05) is 0 Å². The van der Waals surface area contributed by atoms with Crippen molar-refractivity contribution in [3.05, 3.63) is 24.2 Å². The molecular formula is C12H18N6O. The summed E-state index contributed by atoms with van der Waals surface area (Å²) in [6.45, 7) is 3.37. The van der Waals surface area contributed by atoms with Gasteiger partial charge in [0.15, 0.2) is 0 Å². The van der Waals surface area contributed by atoms with Crippen LogP contribution in [0.5, 0.6) is 0 Å². The van der Waals surface area contributed by atoms with E-state index < -0.39 is 0 Å². The average molecular weight is 262 g/mol. The molecule has 7 nitrogen and oxygen atoms in total. The zero-order chi connectivity index (χ0) is 13.7. The van der Waals surface area contributed by atoms with Crippen LogP contribution < -0.4 is 15.5 Å². The second kappa shape index (κ2) is 6.03. The molecule has 0 amide bonds. The molecule has 2 heterocycles. The van der Waals surface area contributed by atoms with Gasteiger partial charge >= 0.3 is 0 Å². The van der Waals surface area contributed by atoms with Gasteiger partial charge in [0.05, 0.1) is 12.5 Å². The number of hydrogen-bond donors (Lipinski definition) is 2. The highest BCUT2D eigenvalue weighted by Gasteiger charge is 2.07. The molecule has 0 aliphatic heterocycles. The molecule has 2 aromatic rings. The Balaban J connectivity index is 2.13. The minimum atomic E-state index is 0.538. The van der Waals surface area contributed by atoms with E-state index in [0.717, 1.165) is 12.1 Å². The van der Waals surface area contributed by atoms with Gasteiger partial charge in [-0.2, -0.15) is 15.0 Å². The molecule has 0 fully saturated rings. The van der Waals surface area contributed by atoms with E-state index in [1.54, 1.807) is 12.5 Å². The molecule has 0 atom stereocenters. The van der Waals surface area contributed by atoms with Crippen molar-refractivity contribution in [3.8, 4) is 0 Å². The molecule has 0 aliphatic carbocycles.